The van der Waals surface area contributed by atoms with E-state index in [4.69, 9.17) is 18.9 Å². The van der Waals surface area contributed by atoms with Crippen molar-refractivity contribution in [1.82, 2.24) is 0 Å². The van der Waals surface area contributed by atoms with Crippen LogP contribution in [0.3, 0.4) is 0 Å². The van der Waals surface area contributed by atoms with Crippen molar-refractivity contribution in [3.05, 3.63) is 35.9 Å². The predicted octanol–water partition coefficient (Wildman–Crippen LogP) is -3.11. The summed E-state index contributed by atoms with van der Waals surface area (Å²) in [5.74, 6) is 0. The number of nitrogens with zero attached hydrogens (tertiary/aromatic N) is 1. The largest absolute Gasteiger partial charge is 0.394 e. The lowest BCUT2D eigenvalue weighted by atomic mass is 9.97. The van der Waals surface area contributed by atoms with Gasteiger partial charge in [-0.3, -0.25) is 0 Å². The molecule has 2 aliphatic heterocycles. The van der Waals surface area contributed by atoms with Crippen LogP contribution in [0.25, 0.3) is 0 Å². The highest BCUT2D eigenvalue weighted by atomic mass is 16.8. The van der Waals surface area contributed by atoms with Gasteiger partial charge in [0.2, 0.25) is 0 Å². The van der Waals surface area contributed by atoms with Crippen LogP contribution in [0.5, 0.6) is 0 Å². The average Bonchev–Trinajstić information content (AvgIpc) is 2.82. The fourth-order valence-electron chi connectivity index (χ4n) is 3.59. The molecule has 3 rings (SSSR count). The van der Waals surface area contributed by atoms with Crippen molar-refractivity contribution in [3.8, 4) is 6.07 Å². The van der Waals surface area contributed by atoms with Gasteiger partial charge in [-0.2, -0.15) is 5.26 Å². The maximum absolute atomic E-state index is 10.6. The van der Waals surface area contributed by atoms with Crippen molar-refractivity contribution >= 4 is 0 Å². The van der Waals surface area contributed by atoms with E-state index in [1.807, 2.05) is 6.07 Å². The minimum atomic E-state index is -1.78. The van der Waals surface area contributed by atoms with E-state index in [1.54, 1.807) is 30.3 Å². The fraction of sp³-hybridized carbons (Fsp3) is 0.650. The van der Waals surface area contributed by atoms with E-state index < -0.39 is 80.7 Å². The number of rotatable bonds is 7. The second kappa shape index (κ2) is 10.9. The van der Waals surface area contributed by atoms with Gasteiger partial charge in [0.05, 0.1) is 19.3 Å². The molecule has 2 saturated heterocycles. The first-order chi connectivity index (χ1) is 15.3. The molecule has 0 bridgehead atoms. The molecule has 0 unspecified atom stereocenters. The number of hydrogen-bond donors (Lipinski definition) is 7. The molecule has 1 aromatic rings. The lowest BCUT2D eigenvalue weighted by Gasteiger charge is -2.46. The van der Waals surface area contributed by atoms with E-state index in [2.05, 4.69) is 0 Å². The van der Waals surface area contributed by atoms with Gasteiger partial charge in [0.15, 0.2) is 18.7 Å². The van der Waals surface area contributed by atoms with Gasteiger partial charge >= 0.3 is 0 Å². The summed E-state index contributed by atoms with van der Waals surface area (Å²) in [6, 6.07) is 10.3. The molecule has 0 spiro atoms. The minimum Gasteiger partial charge on any atom is -0.394 e. The Labute approximate surface area is 183 Å². The van der Waals surface area contributed by atoms with Crippen LogP contribution in [0.15, 0.2) is 30.3 Å². The summed E-state index contributed by atoms with van der Waals surface area (Å²) in [6.45, 7) is -1.37. The average molecular weight is 457 g/mol. The van der Waals surface area contributed by atoms with Crippen LogP contribution < -0.4 is 0 Å². The van der Waals surface area contributed by atoms with Gasteiger partial charge in [-0.1, -0.05) is 30.3 Å². The molecule has 1 aromatic carbocycles. The first kappa shape index (κ1) is 24.9. The smallest absolute Gasteiger partial charge is 0.189 e. The zero-order valence-corrected chi connectivity index (χ0v) is 16.9. The Bertz CT molecular complexity index is 760. The minimum absolute atomic E-state index is 0.464. The summed E-state index contributed by atoms with van der Waals surface area (Å²) in [6.07, 6.45) is -16.9. The van der Waals surface area contributed by atoms with E-state index in [9.17, 15) is 41.0 Å². The molecule has 32 heavy (non-hydrogen) atoms. The Balaban J connectivity index is 1.83. The van der Waals surface area contributed by atoms with E-state index >= 15 is 0 Å². The number of aliphatic hydroxyl groups is 7. The predicted molar refractivity (Wildman–Crippen MR) is 102 cm³/mol. The van der Waals surface area contributed by atoms with Crippen LogP contribution >= 0.6 is 0 Å². The normalized spacial score (nSPS) is 41.1. The van der Waals surface area contributed by atoms with Gasteiger partial charge in [-0.25, -0.2) is 0 Å². The van der Waals surface area contributed by atoms with Crippen molar-refractivity contribution < 1.29 is 54.7 Å². The molecule has 0 aliphatic carbocycles. The Morgan fingerprint density at radius 2 is 1.38 bits per heavy atom. The molecule has 2 fully saturated rings. The first-order valence-electron chi connectivity index (χ1n) is 10.0. The summed E-state index contributed by atoms with van der Waals surface area (Å²) in [7, 11) is 0. The van der Waals surface area contributed by atoms with Gasteiger partial charge in [0, 0.05) is 0 Å². The monoisotopic (exact) mass is 457 g/mol. The van der Waals surface area contributed by atoms with Gasteiger partial charge < -0.3 is 54.7 Å². The van der Waals surface area contributed by atoms with Crippen molar-refractivity contribution in [2.45, 2.75) is 67.5 Å². The first-order valence-corrected chi connectivity index (χ1v) is 10.0. The molecule has 0 saturated carbocycles. The third-order valence-corrected chi connectivity index (χ3v) is 5.45. The summed E-state index contributed by atoms with van der Waals surface area (Å²) >= 11 is 0. The van der Waals surface area contributed by atoms with E-state index in [0.717, 1.165) is 0 Å². The topological polar surface area (TPSA) is 202 Å². The van der Waals surface area contributed by atoms with Gasteiger partial charge in [0.1, 0.15) is 48.8 Å². The molecule has 2 aliphatic rings. The zero-order chi connectivity index (χ0) is 23.4. The van der Waals surface area contributed by atoms with E-state index in [0.29, 0.717) is 5.56 Å². The molecule has 0 radical (unpaired) electrons. The van der Waals surface area contributed by atoms with Crippen molar-refractivity contribution in [2.24, 2.45) is 0 Å². The molecular formula is C20H27NO11. The molecular weight excluding hydrogens is 430 g/mol. The van der Waals surface area contributed by atoms with Crippen LogP contribution in [0.1, 0.15) is 11.7 Å². The Kier molecular flexibility index (Phi) is 8.50. The number of ether oxygens (including phenoxy) is 4. The molecule has 0 amide bonds. The van der Waals surface area contributed by atoms with Crippen LogP contribution in [0, 0.1) is 11.3 Å². The highest BCUT2D eigenvalue weighted by Crippen LogP contribution is 2.32. The van der Waals surface area contributed by atoms with Crippen LogP contribution in [-0.2, 0) is 18.9 Å². The lowest BCUT2D eigenvalue weighted by Crippen LogP contribution is -2.64. The molecule has 7 N–H and O–H groups in total. The summed E-state index contributed by atoms with van der Waals surface area (Å²) in [5, 5.41) is 79.3. The molecule has 11 atom stereocenters. The molecule has 2 heterocycles. The van der Waals surface area contributed by atoms with E-state index in [-0.39, 0.29) is 0 Å². The zero-order valence-electron chi connectivity index (χ0n) is 16.9. The fourth-order valence-corrected chi connectivity index (χ4v) is 3.59. The van der Waals surface area contributed by atoms with E-state index in [1.165, 1.54) is 0 Å². The maximum Gasteiger partial charge on any atom is 0.189 e. The van der Waals surface area contributed by atoms with Gasteiger partial charge in [-0.15, -0.1) is 0 Å². The highest BCUT2D eigenvalue weighted by Gasteiger charge is 2.51. The summed E-state index contributed by atoms with van der Waals surface area (Å²) in [5.41, 5.74) is 0.464. The van der Waals surface area contributed by atoms with Gasteiger partial charge in [-0.05, 0) is 5.56 Å². The third-order valence-electron chi connectivity index (χ3n) is 5.45. The van der Waals surface area contributed by atoms with Crippen molar-refractivity contribution in [3.63, 3.8) is 0 Å². The van der Waals surface area contributed by atoms with Crippen molar-refractivity contribution in [1.29, 1.82) is 5.26 Å². The van der Waals surface area contributed by atoms with Crippen LogP contribution in [-0.4, -0.2) is 110 Å². The number of aliphatic hydroxyl groups excluding tert-OH is 7. The van der Waals surface area contributed by atoms with Crippen LogP contribution in [0.2, 0.25) is 0 Å². The molecule has 178 valence electrons. The maximum atomic E-state index is 10.6. The van der Waals surface area contributed by atoms with Gasteiger partial charge in [0.25, 0.3) is 0 Å². The highest BCUT2D eigenvalue weighted by molar-refractivity contribution is 5.22. The summed E-state index contributed by atoms with van der Waals surface area (Å²) < 4.78 is 22.0. The second-order valence-electron chi connectivity index (χ2n) is 7.56. The number of benzene rings is 1. The third kappa shape index (κ3) is 5.09. The standard InChI is InChI=1S/C20H27NO11/c21-6-10(9-4-2-1-3-5-9)29-20-18(16(27)14(25)12(8-23)31-20)32-19-17(28)15(26)13(24)11(7-22)30-19/h1-5,10-20,22-28H,7-8H2/t10-,11-,12-,13-,14-,15+,16+,17-,18-,19+,20-/m1/s1. The second-order valence-corrected chi connectivity index (χ2v) is 7.56. The number of nitriles is 1. The Morgan fingerprint density at radius 3 is 1.94 bits per heavy atom. The quantitative estimate of drug-likeness (QED) is 0.218. The Hall–Kier alpha value is -1.73. The molecule has 12 nitrogen and oxygen atoms in total. The van der Waals surface area contributed by atoms with Crippen LogP contribution in [0.4, 0.5) is 0 Å². The summed E-state index contributed by atoms with van der Waals surface area (Å²) in [4.78, 5) is 0. The SMILES string of the molecule is N#C[C@@H](O[C@@H]1O[C@H](CO)[C@@H](O)[C@H](O)[C@H]1O[C@@H]1O[C@H](CO)[C@@H](O)[C@H](O)[C@H]1O)c1ccccc1. The Morgan fingerprint density at radius 1 is 0.812 bits per heavy atom. The molecule has 0 aromatic heterocycles. The number of hydrogen-bond acceptors (Lipinski definition) is 12. The lowest BCUT2D eigenvalue weighted by molar-refractivity contribution is -0.370. The van der Waals surface area contributed by atoms with Crippen molar-refractivity contribution in [2.75, 3.05) is 13.2 Å². The molecule has 12 heteroatoms.